The van der Waals surface area contributed by atoms with Crippen molar-refractivity contribution in [2.45, 2.75) is 32.4 Å². The van der Waals surface area contributed by atoms with Crippen LogP contribution in [0.25, 0.3) is 0 Å². The van der Waals surface area contributed by atoms with E-state index in [0.29, 0.717) is 13.0 Å². The molecule has 98 valence electrons. The first-order valence-corrected chi connectivity index (χ1v) is 6.03. The highest BCUT2D eigenvalue weighted by molar-refractivity contribution is 5.83. The zero-order chi connectivity index (χ0) is 13.3. The lowest BCUT2D eigenvalue weighted by Crippen LogP contribution is -2.40. The van der Waals surface area contributed by atoms with Crippen molar-refractivity contribution >= 4 is 11.8 Å². The highest BCUT2D eigenvalue weighted by Crippen LogP contribution is 2.12. The Morgan fingerprint density at radius 2 is 2.33 bits per heavy atom. The third-order valence-electron chi connectivity index (χ3n) is 3.35. The number of likely N-dealkylation sites (tertiary alicyclic amines) is 1. The van der Waals surface area contributed by atoms with E-state index in [-0.39, 0.29) is 23.9 Å². The van der Waals surface area contributed by atoms with Crippen molar-refractivity contribution in [3.63, 3.8) is 0 Å². The fourth-order valence-electron chi connectivity index (χ4n) is 2.21. The van der Waals surface area contributed by atoms with E-state index >= 15 is 0 Å². The maximum absolute atomic E-state index is 12.1. The van der Waals surface area contributed by atoms with Crippen LogP contribution in [0.1, 0.15) is 25.2 Å². The van der Waals surface area contributed by atoms with Crippen LogP contribution in [0.5, 0.6) is 0 Å². The van der Waals surface area contributed by atoms with Crippen molar-refractivity contribution < 1.29 is 9.59 Å². The molecular weight excluding hydrogens is 232 g/mol. The van der Waals surface area contributed by atoms with Crippen LogP contribution in [0.15, 0.2) is 12.4 Å². The number of aromatic nitrogens is 2. The first-order chi connectivity index (χ1) is 8.49. The van der Waals surface area contributed by atoms with Crippen LogP contribution in [-0.4, -0.2) is 45.9 Å². The number of hydrogen-bond acceptors (Lipinski definition) is 3. The molecule has 0 radical (unpaired) electrons. The molecule has 2 amide bonds. The Morgan fingerprint density at radius 1 is 1.61 bits per heavy atom. The molecule has 2 atom stereocenters. The average molecular weight is 250 g/mol. The Hall–Kier alpha value is -1.85. The standard InChI is InChI=1S/C12H18N4O2/c1-8(16-5-4-13-9(16)2)12(18)14-10-6-11(17)15(3)7-10/h4-5,8,10H,6-7H2,1-3H3,(H,14,18). The van der Waals surface area contributed by atoms with Gasteiger partial charge in [-0.05, 0) is 13.8 Å². The average Bonchev–Trinajstić information content (AvgIpc) is 2.85. The highest BCUT2D eigenvalue weighted by Gasteiger charge is 2.29. The van der Waals surface area contributed by atoms with Crippen molar-refractivity contribution in [1.29, 1.82) is 0 Å². The van der Waals surface area contributed by atoms with Gasteiger partial charge in [0.15, 0.2) is 0 Å². The van der Waals surface area contributed by atoms with Gasteiger partial charge in [-0.15, -0.1) is 0 Å². The molecule has 0 bridgehead atoms. The van der Waals surface area contributed by atoms with Crippen LogP contribution < -0.4 is 5.32 Å². The molecular formula is C12H18N4O2. The quantitative estimate of drug-likeness (QED) is 0.827. The number of aryl methyl sites for hydroxylation is 1. The Morgan fingerprint density at radius 3 is 2.83 bits per heavy atom. The molecule has 6 heteroatoms. The molecule has 1 aromatic rings. The van der Waals surface area contributed by atoms with Crippen LogP contribution in [-0.2, 0) is 9.59 Å². The number of imidazole rings is 1. The Bertz CT molecular complexity index is 468. The summed E-state index contributed by atoms with van der Waals surface area (Å²) in [6, 6.07) is -0.394. The molecule has 1 fully saturated rings. The van der Waals surface area contributed by atoms with E-state index in [4.69, 9.17) is 0 Å². The summed E-state index contributed by atoms with van der Waals surface area (Å²) in [7, 11) is 1.75. The lowest BCUT2D eigenvalue weighted by Gasteiger charge is -2.18. The van der Waals surface area contributed by atoms with Gasteiger partial charge < -0.3 is 14.8 Å². The largest absolute Gasteiger partial charge is 0.349 e. The number of rotatable bonds is 3. The van der Waals surface area contributed by atoms with Gasteiger partial charge >= 0.3 is 0 Å². The minimum atomic E-state index is -0.312. The number of nitrogens with zero attached hydrogens (tertiary/aromatic N) is 3. The van der Waals surface area contributed by atoms with Crippen LogP contribution >= 0.6 is 0 Å². The number of nitrogens with one attached hydrogen (secondary N) is 1. The second-order valence-corrected chi connectivity index (χ2v) is 4.74. The van der Waals surface area contributed by atoms with Gasteiger partial charge in [0, 0.05) is 32.4 Å². The molecule has 1 aromatic heterocycles. The first-order valence-electron chi connectivity index (χ1n) is 6.03. The predicted molar refractivity (Wildman–Crippen MR) is 65.9 cm³/mol. The third kappa shape index (κ3) is 2.37. The fourth-order valence-corrected chi connectivity index (χ4v) is 2.21. The van der Waals surface area contributed by atoms with Gasteiger partial charge in [0.05, 0.1) is 6.04 Å². The molecule has 18 heavy (non-hydrogen) atoms. The third-order valence-corrected chi connectivity index (χ3v) is 3.35. The Labute approximate surface area is 106 Å². The highest BCUT2D eigenvalue weighted by atomic mass is 16.2. The number of carbonyl (C=O) groups is 2. The number of amides is 2. The van der Waals surface area contributed by atoms with Crippen LogP contribution in [0.4, 0.5) is 0 Å². The Kier molecular flexibility index (Phi) is 3.36. The summed E-state index contributed by atoms with van der Waals surface area (Å²) in [5.74, 6) is 0.799. The van der Waals surface area contributed by atoms with Gasteiger partial charge in [0.25, 0.3) is 0 Å². The van der Waals surface area contributed by atoms with E-state index in [1.54, 1.807) is 24.3 Å². The minimum absolute atomic E-state index is 0.0757. The second kappa shape index (κ2) is 4.80. The number of carbonyl (C=O) groups excluding carboxylic acids is 2. The maximum atomic E-state index is 12.1. The summed E-state index contributed by atoms with van der Waals surface area (Å²) in [5, 5.41) is 2.90. The molecule has 0 aromatic carbocycles. The minimum Gasteiger partial charge on any atom is -0.349 e. The molecule has 2 heterocycles. The lowest BCUT2D eigenvalue weighted by molar-refractivity contribution is -0.126. The van der Waals surface area contributed by atoms with Crippen molar-refractivity contribution in [2.24, 2.45) is 0 Å². The summed E-state index contributed by atoms with van der Waals surface area (Å²) < 4.78 is 1.82. The summed E-state index contributed by atoms with van der Waals surface area (Å²) in [6.07, 6.45) is 3.84. The van der Waals surface area contributed by atoms with E-state index in [1.165, 1.54) is 0 Å². The maximum Gasteiger partial charge on any atom is 0.243 e. The van der Waals surface area contributed by atoms with E-state index in [2.05, 4.69) is 10.3 Å². The summed E-state index contributed by atoms with van der Waals surface area (Å²) in [4.78, 5) is 29.2. The van der Waals surface area contributed by atoms with Gasteiger partial charge in [0.2, 0.25) is 11.8 Å². The van der Waals surface area contributed by atoms with E-state index in [0.717, 1.165) is 5.82 Å². The number of likely N-dealkylation sites (N-methyl/N-ethyl adjacent to an activating group) is 1. The van der Waals surface area contributed by atoms with E-state index in [9.17, 15) is 9.59 Å². The molecule has 1 aliphatic rings. The normalized spacial score (nSPS) is 21.2. The Balaban J connectivity index is 1.97. The van der Waals surface area contributed by atoms with Crippen molar-refractivity contribution in [3.05, 3.63) is 18.2 Å². The van der Waals surface area contributed by atoms with E-state index in [1.807, 2.05) is 18.4 Å². The second-order valence-electron chi connectivity index (χ2n) is 4.74. The molecule has 1 aliphatic heterocycles. The summed E-state index contributed by atoms with van der Waals surface area (Å²) >= 11 is 0. The molecule has 0 aliphatic carbocycles. The molecule has 0 spiro atoms. The molecule has 6 nitrogen and oxygen atoms in total. The fraction of sp³-hybridized carbons (Fsp3) is 0.583. The molecule has 0 saturated carbocycles. The smallest absolute Gasteiger partial charge is 0.243 e. The van der Waals surface area contributed by atoms with Crippen molar-refractivity contribution in [1.82, 2.24) is 19.8 Å². The SMILES string of the molecule is Cc1nccn1C(C)C(=O)NC1CC(=O)N(C)C1. The first kappa shape index (κ1) is 12.6. The summed E-state index contributed by atoms with van der Waals surface area (Å²) in [6.45, 7) is 4.27. The monoisotopic (exact) mass is 250 g/mol. The molecule has 2 unspecified atom stereocenters. The van der Waals surface area contributed by atoms with Gasteiger partial charge in [-0.2, -0.15) is 0 Å². The van der Waals surface area contributed by atoms with Gasteiger partial charge in [0.1, 0.15) is 11.9 Å². The van der Waals surface area contributed by atoms with Gasteiger partial charge in [-0.3, -0.25) is 9.59 Å². The molecule has 1 saturated heterocycles. The summed E-state index contributed by atoms with van der Waals surface area (Å²) in [5.41, 5.74) is 0. The topological polar surface area (TPSA) is 67.2 Å². The van der Waals surface area contributed by atoms with Crippen LogP contribution in [0, 0.1) is 6.92 Å². The predicted octanol–water partition coefficient (Wildman–Crippen LogP) is 0.0994. The van der Waals surface area contributed by atoms with Gasteiger partial charge in [-0.1, -0.05) is 0 Å². The van der Waals surface area contributed by atoms with Crippen molar-refractivity contribution in [2.75, 3.05) is 13.6 Å². The zero-order valence-electron chi connectivity index (χ0n) is 10.9. The molecule has 1 N–H and O–H groups in total. The lowest BCUT2D eigenvalue weighted by atomic mass is 10.2. The zero-order valence-corrected chi connectivity index (χ0v) is 10.9. The molecule has 2 rings (SSSR count). The van der Waals surface area contributed by atoms with Crippen LogP contribution in [0.2, 0.25) is 0 Å². The van der Waals surface area contributed by atoms with E-state index < -0.39 is 0 Å². The van der Waals surface area contributed by atoms with Crippen molar-refractivity contribution in [3.8, 4) is 0 Å². The number of hydrogen-bond donors (Lipinski definition) is 1. The van der Waals surface area contributed by atoms with Gasteiger partial charge in [-0.25, -0.2) is 4.98 Å². The van der Waals surface area contributed by atoms with Crippen LogP contribution in [0.3, 0.4) is 0 Å².